The summed E-state index contributed by atoms with van der Waals surface area (Å²) in [6.45, 7) is 1.89. The molecule has 4 rings (SSSR count). The van der Waals surface area contributed by atoms with Gasteiger partial charge in [0.1, 0.15) is 11.7 Å². The SMILES string of the molecule is CCOC(=O)[C@@H]1C(=O)C2=C(C[C@H]1c1cccs1)NC(=O)C[C@H]2c1ccc(F)cc1. The monoisotopic (exact) mass is 413 g/mol. The Morgan fingerprint density at radius 1 is 1.21 bits per heavy atom. The van der Waals surface area contributed by atoms with Crippen molar-refractivity contribution in [2.75, 3.05) is 6.61 Å². The number of ketones is 1. The lowest BCUT2D eigenvalue weighted by Gasteiger charge is -2.37. The normalized spacial score (nSPS) is 24.1. The van der Waals surface area contributed by atoms with E-state index in [1.54, 1.807) is 19.1 Å². The standard InChI is InChI=1S/C22H20FNO4S/c1-2-28-22(27)20-15(17-4-3-9-29-17)10-16-19(21(20)26)14(11-18(25)24-16)12-5-7-13(23)8-6-12/h3-9,14-15,20H,2,10-11H2,1H3,(H,24,25)/t14-,15-,20-/m0/s1. The maximum atomic E-state index is 13.6. The van der Waals surface area contributed by atoms with E-state index < -0.39 is 17.8 Å². The minimum atomic E-state index is -0.953. The molecule has 0 fully saturated rings. The highest BCUT2D eigenvalue weighted by molar-refractivity contribution is 7.10. The Labute approximate surface area is 171 Å². The van der Waals surface area contributed by atoms with Crippen molar-refractivity contribution >= 4 is 29.0 Å². The summed E-state index contributed by atoms with van der Waals surface area (Å²) in [5, 5.41) is 4.74. The average Bonchev–Trinajstić information content (AvgIpc) is 3.22. The first-order valence-corrected chi connectivity index (χ1v) is 10.4. The molecule has 0 unspecified atom stereocenters. The number of esters is 1. The molecule has 1 aliphatic heterocycles. The van der Waals surface area contributed by atoms with Crippen molar-refractivity contribution in [1.29, 1.82) is 0 Å². The van der Waals surface area contributed by atoms with Crippen LogP contribution in [0.2, 0.25) is 0 Å². The lowest BCUT2D eigenvalue weighted by molar-refractivity contribution is -0.152. The van der Waals surface area contributed by atoms with Gasteiger partial charge in [0.25, 0.3) is 0 Å². The molecule has 1 aromatic carbocycles. The van der Waals surface area contributed by atoms with Gasteiger partial charge in [-0.1, -0.05) is 18.2 Å². The van der Waals surface area contributed by atoms with Crippen molar-refractivity contribution in [3.05, 3.63) is 69.3 Å². The van der Waals surface area contributed by atoms with Crippen molar-refractivity contribution in [1.82, 2.24) is 5.32 Å². The molecular formula is C22H20FNO4S. The third kappa shape index (κ3) is 3.62. The minimum absolute atomic E-state index is 0.0788. The maximum Gasteiger partial charge on any atom is 0.317 e. The number of carbonyl (C=O) groups excluding carboxylic acids is 3. The van der Waals surface area contributed by atoms with Crippen LogP contribution in [0.4, 0.5) is 4.39 Å². The number of benzene rings is 1. The second-order valence-corrected chi connectivity index (χ2v) is 8.15. The summed E-state index contributed by atoms with van der Waals surface area (Å²) < 4.78 is 18.6. The molecule has 1 aliphatic carbocycles. The van der Waals surface area contributed by atoms with E-state index in [1.165, 1.54) is 23.5 Å². The van der Waals surface area contributed by atoms with Crippen LogP contribution < -0.4 is 5.32 Å². The second-order valence-electron chi connectivity index (χ2n) is 7.17. The third-order valence-corrected chi connectivity index (χ3v) is 6.45. The van der Waals surface area contributed by atoms with Gasteiger partial charge in [-0.3, -0.25) is 14.4 Å². The molecule has 1 aromatic heterocycles. The molecule has 1 N–H and O–H groups in total. The van der Waals surface area contributed by atoms with Crippen molar-refractivity contribution in [3.8, 4) is 0 Å². The van der Waals surface area contributed by atoms with Crippen molar-refractivity contribution in [2.24, 2.45) is 5.92 Å². The van der Waals surface area contributed by atoms with Gasteiger partial charge in [0.2, 0.25) is 5.91 Å². The fourth-order valence-electron chi connectivity index (χ4n) is 4.20. The van der Waals surface area contributed by atoms with E-state index in [-0.39, 0.29) is 36.5 Å². The molecule has 5 nitrogen and oxygen atoms in total. The molecule has 7 heteroatoms. The number of thiophene rings is 1. The quantitative estimate of drug-likeness (QED) is 0.613. The summed E-state index contributed by atoms with van der Waals surface area (Å²) >= 11 is 1.47. The lowest BCUT2D eigenvalue weighted by Crippen LogP contribution is -2.44. The van der Waals surface area contributed by atoms with Crippen LogP contribution in [0.15, 0.2) is 53.0 Å². The van der Waals surface area contributed by atoms with E-state index in [1.807, 2.05) is 17.5 Å². The van der Waals surface area contributed by atoms with Crippen LogP contribution in [0.3, 0.4) is 0 Å². The minimum Gasteiger partial charge on any atom is -0.465 e. The zero-order chi connectivity index (χ0) is 20.5. The van der Waals surface area contributed by atoms with Crippen LogP contribution in [0.1, 0.15) is 42.0 Å². The molecule has 0 radical (unpaired) electrons. The van der Waals surface area contributed by atoms with Gasteiger partial charge < -0.3 is 10.1 Å². The average molecular weight is 413 g/mol. The second kappa shape index (κ2) is 7.91. The van der Waals surface area contributed by atoms with Crippen molar-refractivity contribution in [3.63, 3.8) is 0 Å². The van der Waals surface area contributed by atoms with Gasteiger partial charge in [0, 0.05) is 34.4 Å². The van der Waals surface area contributed by atoms with Gasteiger partial charge in [-0.2, -0.15) is 0 Å². The number of allylic oxidation sites excluding steroid dienone is 2. The molecule has 0 bridgehead atoms. The Morgan fingerprint density at radius 3 is 2.62 bits per heavy atom. The molecule has 3 atom stereocenters. The molecule has 150 valence electrons. The van der Waals surface area contributed by atoms with E-state index in [2.05, 4.69) is 5.32 Å². The van der Waals surface area contributed by atoms with E-state index in [9.17, 15) is 18.8 Å². The molecule has 1 amide bonds. The Hall–Kier alpha value is -2.80. The number of carbonyl (C=O) groups is 3. The predicted molar refractivity (Wildman–Crippen MR) is 106 cm³/mol. The summed E-state index contributed by atoms with van der Waals surface area (Å²) in [4.78, 5) is 39.6. The highest BCUT2D eigenvalue weighted by atomic mass is 32.1. The molecular weight excluding hydrogens is 393 g/mol. The molecule has 2 heterocycles. The predicted octanol–water partition coefficient (Wildman–Crippen LogP) is 3.68. The van der Waals surface area contributed by atoms with Crippen molar-refractivity contribution in [2.45, 2.75) is 31.6 Å². The first-order valence-electron chi connectivity index (χ1n) is 9.52. The van der Waals surface area contributed by atoms with Crippen LogP contribution in [-0.2, 0) is 19.1 Å². The number of ether oxygens (including phenoxy) is 1. The van der Waals surface area contributed by atoms with E-state index >= 15 is 0 Å². The first kappa shape index (κ1) is 19.5. The number of rotatable bonds is 4. The first-order chi connectivity index (χ1) is 14.0. The number of hydrogen-bond donors (Lipinski definition) is 1. The molecule has 0 spiro atoms. The van der Waals surface area contributed by atoms with Gasteiger partial charge in [0.05, 0.1) is 6.61 Å². The summed E-state index contributed by atoms with van der Waals surface area (Å²) in [6.07, 6.45) is 0.448. The zero-order valence-electron chi connectivity index (χ0n) is 15.8. The summed E-state index contributed by atoms with van der Waals surface area (Å²) in [7, 11) is 0. The number of halogens is 1. The maximum absolute atomic E-state index is 13.6. The number of hydrogen-bond acceptors (Lipinski definition) is 5. The fourth-order valence-corrected chi connectivity index (χ4v) is 5.07. The summed E-state index contributed by atoms with van der Waals surface area (Å²) in [6, 6.07) is 9.56. The van der Waals surface area contributed by atoms with Gasteiger partial charge >= 0.3 is 5.97 Å². The van der Waals surface area contributed by atoms with Gasteiger partial charge in [-0.15, -0.1) is 11.3 Å². The van der Waals surface area contributed by atoms with Crippen LogP contribution in [-0.4, -0.2) is 24.3 Å². The topological polar surface area (TPSA) is 72.5 Å². The van der Waals surface area contributed by atoms with Crippen LogP contribution in [0.25, 0.3) is 0 Å². The van der Waals surface area contributed by atoms with E-state index in [0.29, 0.717) is 23.3 Å². The Balaban J connectivity index is 1.80. The zero-order valence-corrected chi connectivity index (χ0v) is 16.6. The number of amides is 1. The molecule has 2 aromatic rings. The van der Waals surface area contributed by atoms with Gasteiger partial charge in [-0.25, -0.2) is 4.39 Å². The largest absolute Gasteiger partial charge is 0.465 e. The van der Waals surface area contributed by atoms with Crippen LogP contribution in [0, 0.1) is 11.7 Å². The number of Topliss-reactive ketones (excluding diaryl/α,β-unsaturated/α-hetero) is 1. The van der Waals surface area contributed by atoms with Gasteiger partial charge in [0.15, 0.2) is 5.78 Å². The molecule has 2 aliphatic rings. The highest BCUT2D eigenvalue weighted by Crippen LogP contribution is 2.46. The lowest BCUT2D eigenvalue weighted by atomic mass is 9.69. The Kier molecular flexibility index (Phi) is 5.32. The molecule has 0 saturated heterocycles. The number of nitrogens with one attached hydrogen (secondary N) is 1. The van der Waals surface area contributed by atoms with Crippen LogP contribution in [0.5, 0.6) is 0 Å². The molecule has 29 heavy (non-hydrogen) atoms. The van der Waals surface area contributed by atoms with Crippen molar-refractivity contribution < 1.29 is 23.5 Å². The summed E-state index contributed by atoms with van der Waals surface area (Å²) in [5.41, 5.74) is 1.67. The Morgan fingerprint density at radius 2 is 1.97 bits per heavy atom. The third-order valence-electron chi connectivity index (χ3n) is 5.45. The fraction of sp³-hybridized carbons (Fsp3) is 0.318. The van der Waals surface area contributed by atoms with E-state index in [0.717, 1.165) is 4.88 Å². The summed E-state index contributed by atoms with van der Waals surface area (Å²) in [5.74, 6) is -3.29. The van der Waals surface area contributed by atoms with E-state index in [4.69, 9.17) is 4.74 Å². The molecule has 0 saturated carbocycles. The smallest absolute Gasteiger partial charge is 0.317 e. The van der Waals surface area contributed by atoms with Crippen LogP contribution >= 0.6 is 11.3 Å². The van der Waals surface area contributed by atoms with Gasteiger partial charge in [-0.05, 0) is 42.5 Å². The highest BCUT2D eigenvalue weighted by Gasteiger charge is 2.47. The Bertz CT molecular complexity index is 981.